The summed E-state index contributed by atoms with van der Waals surface area (Å²) in [6, 6.07) is 3.77. The molecule has 2 unspecified atom stereocenters. The summed E-state index contributed by atoms with van der Waals surface area (Å²) in [6.07, 6.45) is 1.08. The Morgan fingerprint density at radius 2 is 2.26 bits per heavy atom. The molecule has 1 saturated heterocycles. The molecular formula is C14H21N3O2. The van der Waals surface area contributed by atoms with Gasteiger partial charge in [-0.2, -0.15) is 0 Å². The van der Waals surface area contributed by atoms with Crippen LogP contribution in [0.1, 0.15) is 29.4 Å². The Hall–Kier alpha value is -1.62. The molecule has 0 spiro atoms. The van der Waals surface area contributed by atoms with Crippen molar-refractivity contribution in [2.75, 3.05) is 25.5 Å². The fourth-order valence-corrected chi connectivity index (χ4v) is 2.63. The number of aromatic nitrogens is 1. The summed E-state index contributed by atoms with van der Waals surface area (Å²) in [7, 11) is 2.14. The van der Waals surface area contributed by atoms with Crippen LogP contribution in [0.25, 0.3) is 0 Å². The van der Waals surface area contributed by atoms with Crippen LogP contribution in [0.2, 0.25) is 0 Å². The van der Waals surface area contributed by atoms with Gasteiger partial charge in [0.2, 0.25) is 0 Å². The number of carboxylic acid groups (broad SMARTS) is 1. The number of piperidine rings is 1. The number of carbonyl (C=O) groups is 1. The molecule has 2 atom stereocenters. The van der Waals surface area contributed by atoms with E-state index in [1.807, 2.05) is 0 Å². The van der Waals surface area contributed by atoms with E-state index in [0.717, 1.165) is 25.3 Å². The van der Waals surface area contributed by atoms with Gasteiger partial charge in [-0.05, 0) is 45.0 Å². The van der Waals surface area contributed by atoms with Gasteiger partial charge in [0.15, 0.2) is 0 Å². The summed E-state index contributed by atoms with van der Waals surface area (Å²) in [5.74, 6) is 0.396. The number of anilines is 1. The topological polar surface area (TPSA) is 65.5 Å². The second-order valence-electron chi connectivity index (χ2n) is 5.41. The number of carboxylic acids is 1. The first-order chi connectivity index (χ1) is 8.97. The Balaban J connectivity index is 2.07. The van der Waals surface area contributed by atoms with Gasteiger partial charge >= 0.3 is 5.97 Å². The van der Waals surface area contributed by atoms with Crippen molar-refractivity contribution in [2.24, 2.45) is 5.92 Å². The number of pyridine rings is 1. The minimum atomic E-state index is -0.927. The molecule has 0 aliphatic carbocycles. The highest BCUT2D eigenvalue weighted by Gasteiger charge is 2.24. The first-order valence-electron chi connectivity index (χ1n) is 6.63. The van der Waals surface area contributed by atoms with E-state index in [2.05, 4.69) is 29.2 Å². The number of aromatic carboxylic acids is 1. The maximum Gasteiger partial charge on any atom is 0.337 e. The van der Waals surface area contributed by atoms with Gasteiger partial charge in [0.1, 0.15) is 5.82 Å². The highest BCUT2D eigenvalue weighted by atomic mass is 16.4. The monoisotopic (exact) mass is 263 g/mol. The van der Waals surface area contributed by atoms with E-state index in [9.17, 15) is 4.79 Å². The van der Waals surface area contributed by atoms with Gasteiger partial charge < -0.3 is 15.3 Å². The lowest BCUT2D eigenvalue weighted by Gasteiger charge is -2.35. The van der Waals surface area contributed by atoms with E-state index in [4.69, 9.17) is 5.11 Å². The fraction of sp³-hybridized carbons (Fsp3) is 0.571. The molecule has 2 rings (SSSR count). The average molecular weight is 263 g/mol. The standard InChI is InChI=1S/C14H21N3O2/c1-9-8-17(3)7-6-12(9)16-13-5-4-11(14(18)19)10(2)15-13/h4-5,9,12H,6-8H2,1-3H3,(H,15,16)(H,18,19). The van der Waals surface area contributed by atoms with E-state index >= 15 is 0 Å². The number of hydrogen-bond acceptors (Lipinski definition) is 4. The van der Waals surface area contributed by atoms with Crippen molar-refractivity contribution in [3.63, 3.8) is 0 Å². The summed E-state index contributed by atoms with van der Waals surface area (Å²) in [5.41, 5.74) is 0.819. The van der Waals surface area contributed by atoms with Crippen molar-refractivity contribution in [1.29, 1.82) is 0 Å². The molecule has 104 valence electrons. The third-order valence-electron chi connectivity index (χ3n) is 3.76. The van der Waals surface area contributed by atoms with Crippen LogP contribution < -0.4 is 5.32 Å². The molecule has 0 aromatic carbocycles. The quantitative estimate of drug-likeness (QED) is 0.871. The zero-order valence-electron chi connectivity index (χ0n) is 11.7. The van der Waals surface area contributed by atoms with Crippen LogP contribution in [0.3, 0.4) is 0 Å². The van der Waals surface area contributed by atoms with E-state index in [0.29, 0.717) is 17.7 Å². The van der Waals surface area contributed by atoms with Gasteiger partial charge in [-0.25, -0.2) is 9.78 Å². The zero-order chi connectivity index (χ0) is 14.0. The predicted octanol–water partition coefficient (Wildman–Crippen LogP) is 1.84. The number of hydrogen-bond donors (Lipinski definition) is 2. The van der Waals surface area contributed by atoms with Crippen molar-refractivity contribution in [3.8, 4) is 0 Å². The normalized spacial score (nSPS) is 24.2. The van der Waals surface area contributed by atoms with E-state index in [1.54, 1.807) is 19.1 Å². The molecule has 0 saturated carbocycles. The fourth-order valence-electron chi connectivity index (χ4n) is 2.63. The number of rotatable bonds is 3. The maximum absolute atomic E-state index is 10.9. The highest BCUT2D eigenvalue weighted by molar-refractivity contribution is 5.89. The summed E-state index contributed by atoms with van der Waals surface area (Å²) in [6.45, 7) is 6.11. The predicted molar refractivity (Wildman–Crippen MR) is 74.6 cm³/mol. The first kappa shape index (κ1) is 13.8. The van der Waals surface area contributed by atoms with E-state index < -0.39 is 5.97 Å². The second-order valence-corrected chi connectivity index (χ2v) is 5.41. The largest absolute Gasteiger partial charge is 0.478 e. The summed E-state index contributed by atoms with van der Waals surface area (Å²) in [4.78, 5) is 17.6. The van der Waals surface area contributed by atoms with Crippen LogP contribution >= 0.6 is 0 Å². The molecule has 1 aliphatic heterocycles. The van der Waals surface area contributed by atoms with Crippen molar-refractivity contribution in [2.45, 2.75) is 26.3 Å². The Kier molecular flexibility index (Phi) is 4.04. The first-order valence-corrected chi connectivity index (χ1v) is 6.63. The Bertz CT molecular complexity index is 476. The molecule has 2 N–H and O–H groups in total. The molecule has 1 aromatic heterocycles. The molecule has 2 heterocycles. The summed E-state index contributed by atoms with van der Waals surface area (Å²) < 4.78 is 0. The van der Waals surface area contributed by atoms with Gasteiger partial charge in [-0.1, -0.05) is 6.92 Å². The lowest BCUT2D eigenvalue weighted by molar-refractivity contribution is 0.0695. The Labute approximate surface area is 113 Å². The highest BCUT2D eigenvalue weighted by Crippen LogP contribution is 2.20. The number of nitrogens with zero attached hydrogens (tertiary/aromatic N) is 2. The molecule has 1 aromatic rings. The third kappa shape index (κ3) is 3.23. The molecule has 0 radical (unpaired) electrons. The maximum atomic E-state index is 10.9. The molecule has 0 amide bonds. The van der Waals surface area contributed by atoms with Crippen molar-refractivity contribution < 1.29 is 9.90 Å². The van der Waals surface area contributed by atoms with E-state index in [-0.39, 0.29) is 5.56 Å². The van der Waals surface area contributed by atoms with Crippen LogP contribution in [0.5, 0.6) is 0 Å². The number of likely N-dealkylation sites (tertiary alicyclic amines) is 1. The zero-order valence-corrected chi connectivity index (χ0v) is 11.7. The average Bonchev–Trinajstić information content (AvgIpc) is 2.32. The van der Waals surface area contributed by atoms with Gasteiger partial charge in [-0.15, -0.1) is 0 Å². The Morgan fingerprint density at radius 1 is 1.53 bits per heavy atom. The van der Waals surface area contributed by atoms with Gasteiger partial charge in [0.25, 0.3) is 0 Å². The SMILES string of the molecule is Cc1nc(NC2CCN(C)CC2C)ccc1C(=O)O. The molecule has 1 fully saturated rings. The van der Waals surface area contributed by atoms with Crippen LogP contribution in [-0.4, -0.2) is 47.1 Å². The Morgan fingerprint density at radius 3 is 2.84 bits per heavy atom. The van der Waals surface area contributed by atoms with Crippen LogP contribution in [-0.2, 0) is 0 Å². The summed E-state index contributed by atoms with van der Waals surface area (Å²) in [5, 5.41) is 12.4. The minimum Gasteiger partial charge on any atom is -0.478 e. The third-order valence-corrected chi connectivity index (χ3v) is 3.76. The van der Waals surface area contributed by atoms with Gasteiger partial charge in [0.05, 0.1) is 11.3 Å². The van der Waals surface area contributed by atoms with Crippen LogP contribution in [0.15, 0.2) is 12.1 Å². The molecule has 5 heteroatoms. The summed E-state index contributed by atoms with van der Waals surface area (Å²) >= 11 is 0. The molecule has 19 heavy (non-hydrogen) atoms. The lowest BCUT2D eigenvalue weighted by atomic mass is 9.94. The van der Waals surface area contributed by atoms with Gasteiger partial charge in [-0.3, -0.25) is 0 Å². The molecular weight excluding hydrogens is 242 g/mol. The van der Waals surface area contributed by atoms with Crippen LogP contribution in [0, 0.1) is 12.8 Å². The second kappa shape index (κ2) is 5.57. The number of aryl methyl sites for hydroxylation is 1. The van der Waals surface area contributed by atoms with Crippen molar-refractivity contribution >= 4 is 11.8 Å². The van der Waals surface area contributed by atoms with Crippen molar-refractivity contribution in [3.05, 3.63) is 23.4 Å². The molecule has 1 aliphatic rings. The van der Waals surface area contributed by atoms with E-state index in [1.165, 1.54) is 0 Å². The van der Waals surface area contributed by atoms with Crippen molar-refractivity contribution in [1.82, 2.24) is 9.88 Å². The molecule has 0 bridgehead atoms. The van der Waals surface area contributed by atoms with Crippen LogP contribution in [0.4, 0.5) is 5.82 Å². The molecule has 5 nitrogen and oxygen atoms in total. The lowest BCUT2D eigenvalue weighted by Crippen LogP contribution is -2.43. The minimum absolute atomic E-state index is 0.266. The van der Waals surface area contributed by atoms with Gasteiger partial charge in [0, 0.05) is 12.6 Å². The smallest absolute Gasteiger partial charge is 0.337 e. The number of nitrogens with one attached hydrogen (secondary N) is 1.